The Morgan fingerprint density at radius 2 is 1.55 bits per heavy atom. The number of amides is 1. The summed E-state index contributed by atoms with van der Waals surface area (Å²) in [5.41, 5.74) is 0.145. The van der Waals surface area contributed by atoms with Crippen molar-refractivity contribution in [3.05, 3.63) is 88.9 Å². The summed E-state index contributed by atoms with van der Waals surface area (Å²) >= 11 is 14.0. The molecule has 3 rings (SSSR count). The first-order chi connectivity index (χ1) is 14.9. The third-order valence-electron chi connectivity index (χ3n) is 4.25. The number of rotatable bonds is 9. The fourth-order valence-electron chi connectivity index (χ4n) is 2.77. The van der Waals surface area contributed by atoms with Crippen LogP contribution in [0.2, 0.25) is 10.0 Å². The average Bonchev–Trinajstić information content (AvgIpc) is 2.78. The summed E-state index contributed by atoms with van der Waals surface area (Å²) in [4.78, 5) is 13.8. The van der Waals surface area contributed by atoms with E-state index in [1.54, 1.807) is 42.1 Å². The van der Waals surface area contributed by atoms with Crippen LogP contribution in [0.1, 0.15) is 0 Å². The number of nitrogens with zero attached hydrogens (tertiary/aromatic N) is 1. The highest BCUT2D eigenvalue weighted by molar-refractivity contribution is 7.99. The quantitative estimate of drug-likeness (QED) is 0.332. The maximum atomic E-state index is 13.3. The predicted molar refractivity (Wildman–Crippen MR) is 128 cm³/mol. The van der Waals surface area contributed by atoms with Crippen molar-refractivity contribution in [1.29, 1.82) is 0 Å². The van der Waals surface area contributed by atoms with Crippen LogP contribution < -0.4 is 9.62 Å². The molecule has 0 atom stereocenters. The Morgan fingerprint density at radius 1 is 0.903 bits per heavy atom. The standard InChI is InChI=1S/C22H20Cl2N2O3S2/c23-19-12-7-13-20(22(19)24)26(31(28,29)18-10-5-2-6-11-18)16-21(27)25-14-15-30-17-8-3-1-4-9-17/h1-13H,14-16H2,(H,25,27). The van der Waals surface area contributed by atoms with Crippen LogP contribution in [0.4, 0.5) is 5.69 Å². The smallest absolute Gasteiger partial charge is 0.264 e. The third kappa shape index (κ3) is 6.17. The van der Waals surface area contributed by atoms with Crippen LogP contribution in [0.5, 0.6) is 0 Å². The van der Waals surface area contributed by atoms with Crippen molar-refractivity contribution in [2.24, 2.45) is 0 Å². The van der Waals surface area contributed by atoms with Gasteiger partial charge in [-0.1, -0.05) is 65.7 Å². The highest BCUT2D eigenvalue weighted by Gasteiger charge is 2.29. The molecule has 0 radical (unpaired) electrons. The van der Waals surface area contributed by atoms with E-state index in [1.165, 1.54) is 18.2 Å². The molecule has 0 aliphatic heterocycles. The summed E-state index contributed by atoms with van der Waals surface area (Å²) < 4.78 is 27.6. The van der Waals surface area contributed by atoms with Gasteiger partial charge in [0.15, 0.2) is 0 Å². The van der Waals surface area contributed by atoms with E-state index in [2.05, 4.69) is 5.32 Å². The molecule has 162 valence electrons. The molecule has 3 aromatic rings. The third-order valence-corrected chi connectivity index (χ3v) is 7.85. The van der Waals surface area contributed by atoms with E-state index >= 15 is 0 Å². The molecule has 0 fully saturated rings. The molecule has 0 unspecified atom stereocenters. The van der Waals surface area contributed by atoms with Gasteiger partial charge in [0.05, 0.1) is 20.6 Å². The topological polar surface area (TPSA) is 66.5 Å². The Balaban J connectivity index is 1.75. The van der Waals surface area contributed by atoms with Gasteiger partial charge in [-0.3, -0.25) is 9.10 Å². The van der Waals surface area contributed by atoms with Gasteiger partial charge in [0, 0.05) is 17.2 Å². The summed E-state index contributed by atoms with van der Waals surface area (Å²) in [5.74, 6) is 0.211. The molecule has 0 saturated carbocycles. The number of halogens is 2. The van der Waals surface area contributed by atoms with Crippen molar-refractivity contribution in [1.82, 2.24) is 5.32 Å². The Labute approximate surface area is 196 Å². The number of carbonyl (C=O) groups excluding carboxylic acids is 1. The molecule has 1 amide bonds. The molecule has 0 aromatic heterocycles. The number of thioether (sulfide) groups is 1. The van der Waals surface area contributed by atoms with Crippen molar-refractivity contribution in [3.63, 3.8) is 0 Å². The number of hydrogen-bond donors (Lipinski definition) is 1. The minimum Gasteiger partial charge on any atom is -0.354 e. The number of carbonyl (C=O) groups is 1. The molecule has 0 saturated heterocycles. The Bertz CT molecular complexity index is 1130. The zero-order valence-electron chi connectivity index (χ0n) is 16.4. The fraction of sp³-hybridized carbons (Fsp3) is 0.136. The molecular formula is C22H20Cl2N2O3S2. The van der Waals surface area contributed by atoms with Gasteiger partial charge in [-0.05, 0) is 36.4 Å². The zero-order chi connectivity index (χ0) is 22.3. The Hall–Kier alpha value is -2.19. The number of benzene rings is 3. The van der Waals surface area contributed by atoms with E-state index in [-0.39, 0.29) is 20.6 Å². The molecule has 5 nitrogen and oxygen atoms in total. The van der Waals surface area contributed by atoms with E-state index < -0.39 is 22.5 Å². The van der Waals surface area contributed by atoms with E-state index in [1.807, 2.05) is 30.3 Å². The van der Waals surface area contributed by atoms with Crippen LogP contribution in [0.15, 0.2) is 88.7 Å². The monoisotopic (exact) mass is 494 g/mol. The molecule has 0 aliphatic rings. The van der Waals surface area contributed by atoms with Crippen molar-refractivity contribution in [3.8, 4) is 0 Å². The van der Waals surface area contributed by atoms with Crippen LogP contribution in [0, 0.1) is 0 Å². The van der Waals surface area contributed by atoms with Crippen molar-refractivity contribution >= 4 is 56.6 Å². The number of nitrogens with one attached hydrogen (secondary N) is 1. The lowest BCUT2D eigenvalue weighted by Crippen LogP contribution is -2.41. The fourth-order valence-corrected chi connectivity index (χ4v) is 5.46. The van der Waals surface area contributed by atoms with Crippen LogP contribution in [-0.2, 0) is 14.8 Å². The minimum atomic E-state index is -4.04. The van der Waals surface area contributed by atoms with E-state index in [0.717, 1.165) is 9.20 Å². The highest BCUT2D eigenvalue weighted by atomic mass is 35.5. The lowest BCUT2D eigenvalue weighted by atomic mass is 10.3. The zero-order valence-corrected chi connectivity index (χ0v) is 19.5. The maximum Gasteiger partial charge on any atom is 0.264 e. The number of sulfonamides is 1. The van der Waals surface area contributed by atoms with Crippen LogP contribution in [0.25, 0.3) is 0 Å². The average molecular weight is 495 g/mol. The summed E-state index contributed by atoms with van der Waals surface area (Å²) in [6.45, 7) is -0.0335. The van der Waals surface area contributed by atoms with Gasteiger partial charge in [-0.25, -0.2) is 8.42 Å². The Morgan fingerprint density at radius 3 is 2.23 bits per heavy atom. The summed E-state index contributed by atoms with van der Waals surface area (Å²) in [7, 11) is -4.04. The first-order valence-corrected chi connectivity index (χ1v) is 12.5. The molecule has 1 N–H and O–H groups in total. The largest absolute Gasteiger partial charge is 0.354 e. The summed E-state index contributed by atoms with van der Waals surface area (Å²) in [6, 6.07) is 22.4. The van der Waals surface area contributed by atoms with Gasteiger partial charge in [0.2, 0.25) is 5.91 Å². The minimum absolute atomic E-state index is 0.0541. The second-order valence-corrected chi connectivity index (χ2v) is 10.2. The lowest BCUT2D eigenvalue weighted by Gasteiger charge is -2.25. The number of hydrogen-bond acceptors (Lipinski definition) is 4. The SMILES string of the molecule is O=C(CN(c1cccc(Cl)c1Cl)S(=O)(=O)c1ccccc1)NCCSc1ccccc1. The molecule has 0 bridgehead atoms. The first kappa shape index (κ1) is 23.5. The Kier molecular flexibility index (Phi) is 8.26. The second-order valence-electron chi connectivity index (χ2n) is 6.41. The van der Waals surface area contributed by atoms with Crippen molar-refractivity contribution < 1.29 is 13.2 Å². The first-order valence-electron chi connectivity index (χ1n) is 9.36. The lowest BCUT2D eigenvalue weighted by molar-refractivity contribution is -0.119. The molecule has 0 aliphatic carbocycles. The molecule has 0 heterocycles. The van der Waals surface area contributed by atoms with Crippen molar-refractivity contribution in [2.45, 2.75) is 9.79 Å². The van der Waals surface area contributed by atoms with Gasteiger partial charge >= 0.3 is 0 Å². The summed E-state index contributed by atoms with van der Waals surface area (Å²) in [6.07, 6.45) is 0. The van der Waals surface area contributed by atoms with Gasteiger partial charge in [0.1, 0.15) is 6.54 Å². The van der Waals surface area contributed by atoms with Crippen LogP contribution >= 0.6 is 35.0 Å². The van der Waals surface area contributed by atoms with Gasteiger partial charge in [-0.15, -0.1) is 11.8 Å². The maximum absolute atomic E-state index is 13.3. The highest BCUT2D eigenvalue weighted by Crippen LogP contribution is 2.35. The van der Waals surface area contributed by atoms with E-state index in [9.17, 15) is 13.2 Å². The predicted octanol–water partition coefficient (Wildman–Crippen LogP) is 5.10. The van der Waals surface area contributed by atoms with Gasteiger partial charge in [-0.2, -0.15) is 0 Å². The molecule has 9 heteroatoms. The molecule has 31 heavy (non-hydrogen) atoms. The number of anilines is 1. The van der Waals surface area contributed by atoms with E-state index in [0.29, 0.717) is 12.3 Å². The van der Waals surface area contributed by atoms with E-state index in [4.69, 9.17) is 23.2 Å². The normalized spacial score (nSPS) is 11.2. The van der Waals surface area contributed by atoms with Gasteiger partial charge < -0.3 is 5.32 Å². The molecular weight excluding hydrogens is 475 g/mol. The molecule has 3 aromatic carbocycles. The second kappa shape index (κ2) is 10.9. The van der Waals surface area contributed by atoms with Crippen molar-refractivity contribution in [2.75, 3.05) is 23.1 Å². The molecule has 0 spiro atoms. The van der Waals surface area contributed by atoms with Gasteiger partial charge in [0.25, 0.3) is 10.0 Å². The van der Waals surface area contributed by atoms with Crippen LogP contribution in [-0.4, -0.2) is 33.2 Å². The summed E-state index contributed by atoms with van der Waals surface area (Å²) in [5, 5.41) is 3.04. The van der Waals surface area contributed by atoms with Crippen LogP contribution in [0.3, 0.4) is 0 Å².